The maximum absolute atomic E-state index is 12.7. The highest BCUT2D eigenvalue weighted by atomic mass is 35.5. The van der Waals surface area contributed by atoms with Crippen LogP contribution in [-0.4, -0.2) is 24.0 Å². The first-order valence-electron chi connectivity index (χ1n) is 7.44. The fourth-order valence-corrected chi connectivity index (χ4v) is 4.66. The molecule has 7 heteroatoms. The molecule has 3 fully saturated rings. The van der Waals surface area contributed by atoms with Gasteiger partial charge in [-0.15, -0.1) is 0 Å². The lowest BCUT2D eigenvalue weighted by molar-refractivity contribution is -0.165. The van der Waals surface area contributed by atoms with Crippen molar-refractivity contribution >= 4 is 39.9 Å². The molecular weight excluding hydrogens is 324 g/mol. The SMILES string of the molecule is COC(=O)C12CCC(C(=O)Nc3nc(C)c(Cl)s3)(CC1)CC2. The summed E-state index contributed by atoms with van der Waals surface area (Å²) < 4.78 is 5.55. The van der Waals surface area contributed by atoms with Gasteiger partial charge in [0, 0.05) is 5.41 Å². The van der Waals surface area contributed by atoms with Crippen LogP contribution in [0.4, 0.5) is 5.13 Å². The normalized spacial score (nSPS) is 30.1. The molecule has 0 saturated heterocycles. The van der Waals surface area contributed by atoms with Crippen molar-refractivity contribution in [2.75, 3.05) is 12.4 Å². The summed E-state index contributed by atoms with van der Waals surface area (Å²) in [6, 6.07) is 0. The van der Waals surface area contributed by atoms with Gasteiger partial charge in [-0.25, -0.2) is 4.98 Å². The molecule has 2 bridgehead atoms. The number of hydrogen-bond donors (Lipinski definition) is 1. The summed E-state index contributed by atoms with van der Waals surface area (Å²) in [5, 5.41) is 3.47. The summed E-state index contributed by atoms with van der Waals surface area (Å²) in [5.41, 5.74) is -0.00359. The van der Waals surface area contributed by atoms with E-state index in [0.717, 1.165) is 44.2 Å². The number of fused-ring (bicyclic) bond motifs is 3. The van der Waals surface area contributed by atoms with E-state index in [1.807, 2.05) is 6.92 Å². The van der Waals surface area contributed by atoms with Crippen molar-refractivity contribution in [2.24, 2.45) is 10.8 Å². The number of methoxy groups -OCH3 is 1. The minimum atomic E-state index is -0.373. The van der Waals surface area contributed by atoms with Gasteiger partial charge in [0.2, 0.25) is 5.91 Å². The van der Waals surface area contributed by atoms with Crippen LogP contribution in [0, 0.1) is 17.8 Å². The van der Waals surface area contributed by atoms with Gasteiger partial charge in [-0.2, -0.15) is 0 Å². The van der Waals surface area contributed by atoms with Gasteiger partial charge in [-0.05, 0) is 45.4 Å². The molecule has 1 aromatic heterocycles. The van der Waals surface area contributed by atoms with E-state index in [9.17, 15) is 9.59 Å². The van der Waals surface area contributed by atoms with Crippen molar-refractivity contribution in [3.05, 3.63) is 10.0 Å². The fourth-order valence-electron chi connectivity index (χ4n) is 3.71. The average Bonchev–Trinajstić information content (AvgIpc) is 2.86. The largest absolute Gasteiger partial charge is 0.469 e. The van der Waals surface area contributed by atoms with Crippen molar-refractivity contribution in [1.82, 2.24) is 4.98 Å². The van der Waals surface area contributed by atoms with Gasteiger partial charge < -0.3 is 10.1 Å². The Kier molecular flexibility index (Phi) is 3.93. The van der Waals surface area contributed by atoms with Crippen LogP contribution in [0.1, 0.15) is 44.2 Å². The highest BCUT2D eigenvalue weighted by Gasteiger charge is 2.56. The van der Waals surface area contributed by atoms with Crippen LogP contribution in [-0.2, 0) is 14.3 Å². The predicted molar refractivity (Wildman–Crippen MR) is 85.1 cm³/mol. The first-order valence-corrected chi connectivity index (χ1v) is 8.63. The molecule has 1 aromatic rings. The van der Waals surface area contributed by atoms with E-state index < -0.39 is 0 Å². The van der Waals surface area contributed by atoms with E-state index in [0.29, 0.717) is 9.47 Å². The predicted octanol–water partition coefficient (Wildman–Crippen LogP) is 3.56. The third kappa shape index (κ3) is 2.42. The number of nitrogens with one attached hydrogen (secondary N) is 1. The number of anilines is 1. The first-order chi connectivity index (χ1) is 10.4. The molecular formula is C15H19ClN2O3S. The Morgan fingerprint density at radius 2 is 1.73 bits per heavy atom. The summed E-state index contributed by atoms with van der Waals surface area (Å²) in [4.78, 5) is 29.0. The molecule has 22 heavy (non-hydrogen) atoms. The lowest BCUT2D eigenvalue weighted by Gasteiger charge is -2.50. The molecule has 120 valence electrons. The van der Waals surface area contributed by atoms with E-state index in [-0.39, 0.29) is 22.7 Å². The van der Waals surface area contributed by atoms with Crippen molar-refractivity contribution in [3.8, 4) is 0 Å². The molecule has 1 amide bonds. The second kappa shape index (κ2) is 5.49. The second-order valence-electron chi connectivity index (χ2n) is 6.38. The molecule has 0 radical (unpaired) electrons. The number of nitrogens with zero attached hydrogens (tertiary/aromatic N) is 1. The summed E-state index contributed by atoms with van der Waals surface area (Å²) in [7, 11) is 1.44. The quantitative estimate of drug-likeness (QED) is 0.853. The fraction of sp³-hybridized carbons (Fsp3) is 0.667. The third-order valence-corrected chi connectivity index (χ3v) is 6.67. The molecule has 5 nitrogen and oxygen atoms in total. The van der Waals surface area contributed by atoms with Crippen LogP contribution < -0.4 is 5.32 Å². The molecule has 0 aliphatic heterocycles. The summed E-state index contributed by atoms with van der Waals surface area (Å²) in [6.45, 7) is 1.82. The number of esters is 1. The lowest BCUT2D eigenvalue weighted by Crippen LogP contribution is -2.51. The van der Waals surface area contributed by atoms with Crippen LogP contribution >= 0.6 is 22.9 Å². The molecule has 3 aliphatic rings. The summed E-state index contributed by atoms with van der Waals surface area (Å²) in [6.07, 6.45) is 4.37. The van der Waals surface area contributed by atoms with Gasteiger partial charge in [-0.1, -0.05) is 22.9 Å². The molecule has 1 N–H and O–H groups in total. The monoisotopic (exact) mass is 342 g/mol. The highest BCUT2D eigenvalue weighted by Crippen LogP contribution is 2.57. The zero-order valence-electron chi connectivity index (χ0n) is 12.7. The van der Waals surface area contributed by atoms with Crippen molar-refractivity contribution in [2.45, 2.75) is 45.4 Å². The molecule has 3 aliphatic carbocycles. The number of thiazole rings is 1. The van der Waals surface area contributed by atoms with E-state index in [4.69, 9.17) is 16.3 Å². The van der Waals surface area contributed by atoms with Gasteiger partial charge in [0.15, 0.2) is 5.13 Å². The number of aryl methyl sites for hydroxylation is 1. The molecule has 1 heterocycles. The third-order valence-electron chi connectivity index (χ3n) is 5.31. The minimum Gasteiger partial charge on any atom is -0.469 e. The Morgan fingerprint density at radius 1 is 1.18 bits per heavy atom. The number of amides is 1. The molecule has 0 aromatic carbocycles. The van der Waals surface area contributed by atoms with Crippen molar-refractivity contribution in [3.63, 3.8) is 0 Å². The second-order valence-corrected chi connectivity index (χ2v) is 7.99. The van der Waals surface area contributed by atoms with Crippen molar-refractivity contribution in [1.29, 1.82) is 0 Å². The molecule has 0 spiro atoms. The minimum absolute atomic E-state index is 0.0103. The molecule has 0 atom stereocenters. The van der Waals surface area contributed by atoms with Crippen LogP contribution in [0.15, 0.2) is 0 Å². The lowest BCUT2D eigenvalue weighted by atomic mass is 9.53. The number of rotatable bonds is 3. The van der Waals surface area contributed by atoms with Crippen molar-refractivity contribution < 1.29 is 14.3 Å². The first kappa shape index (κ1) is 15.7. The Balaban J connectivity index is 1.71. The van der Waals surface area contributed by atoms with E-state index in [1.165, 1.54) is 18.4 Å². The Labute approximate surface area is 138 Å². The van der Waals surface area contributed by atoms with Gasteiger partial charge in [0.25, 0.3) is 0 Å². The zero-order valence-corrected chi connectivity index (χ0v) is 14.3. The topological polar surface area (TPSA) is 68.3 Å². The molecule has 4 rings (SSSR count). The zero-order chi connectivity index (χ0) is 16.0. The van der Waals surface area contributed by atoms with E-state index in [1.54, 1.807) is 0 Å². The molecule has 0 unspecified atom stereocenters. The van der Waals surface area contributed by atoms with Gasteiger partial charge in [-0.3, -0.25) is 9.59 Å². The number of hydrogen-bond acceptors (Lipinski definition) is 5. The number of carbonyl (C=O) groups is 2. The maximum Gasteiger partial charge on any atom is 0.311 e. The van der Waals surface area contributed by atoms with Gasteiger partial charge in [0.05, 0.1) is 18.2 Å². The maximum atomic E-state index is 12.7. The molecule has 3 saturated carbocycles. The highest BCUT2D eigenvalue weighted by molar-refractivity contribution is 7.19. The summed E-state index contributed by atoms with van der Waals surface area (Å²) in [5.74, 6) is -0.111. The van der Waals surface area contributed by atoms with E-state index >= 15 is 0 Å². The number of aromatic nitrogens is 1. The number of halogens is 1. The average molecular weight is 343 g/mol. The van der Waals surface area contributed by atoms with Crippen LogP contribution in [0.25, 0.3) is 0 Å². The van der Waals surface area contributed by atoms with E-state index in [2.05, 4.69) is 10.3 Å². The summed E-state index contributed by atoms with van der Waals surface area (Å²) >= 11 is 7.28. The van der Waals surface area contributed by atoms with Gasteiger partial charge >= 0.3 is 5.97 Å². The van der Waals surface area contributed by atoms with Crippen LogP contribution in [0.2, 0.25) is 4.34 Å². The Hall–Kier alpha value is -1.14. The van der Waals surface area contributed by atoms with Gasteiger partial charge in [0.1, 0.15) is 4.34 Å². The number of ether oxygens (including phenoxy) is 1. The Bertz CT molecular complexity index is 584. The Morgan fingerprint density at radius 3 is 2.18 bits per heavy atom. The number of carbonyl (C=O) groups excluding carboxylic acids is 2. The standard InChI is InChI=1S/C15H19ClN2O3S/c1-9-10(16)22-13(17-9)18-11(19)14-3-6-15(7-4-14,8-5-14)12(20)21-2/h3-8H2,1-2H3,(H,17,18,19). The van der Waals surface area contributed by atoms with Crippen LogP contribution in [0.3, 0.4) is 0 Å². The van der Waals surface area contributed by atoms with Crippen LogP contribution in [0.5, 0.6) is 0 Å². The smallest absolute Gasteiger partial charge is 0.311 e.